The van der Waals surface area contributed by atoms with E-state index in [1.807, 2.05) is 141 Å². The molecular formula is C91H90N4O13S4. The zero-order valence-electron chi connectivity index (χ0n) is 65.0. The van der Waals surface area contributed by atoms with Gasteiger partial charge < -0.3 is 46.4 Å². The lowest BCUT2D eigenvalue weighted by atomic mass is 9.86. The van der Waals surface area contributed by atoms with Crippen molar-refractivity contribution in [2.45, 2.75) is 119 Å². The SMILES string of the molecule is CC(C)(C)c1ccc(C(=O)Nc2scc(-c3ccccc3)c2C(=O)O)cc1.COc1ccc(-c2csc(NC(=O)c3ccc(C(C)(C)C)cc3)c2C(=O)O)cc1.Cc1ccc(-c2csc(NC(=O)c3ccc(C(C)(C)C)cc3)c2C(=O)O)cc1.Cc1ccc(-c2csc(NC(=O)c3ccc(C(C)(C)C)cc3)c2C(=O)O)cc1. The molecule has 112 heavy (non-hydrogen) atoms. The number of nitrogens with one attached hydrogen (secondary N) is 4. The highest BCUT2D eigenvalue weighted by Gasteiger charge is 2.28. The predicted octanol–water partition coefficient (Wildman–Crippen LogP) is 23.3. The van der Waals surface area contributed by atoms with Gasteiger partial charge in [-0.3, -0.25) is 19.2 Å². The molecule has 8 aromatic carbocycles. The Hall–Kier alpha value is -11.9. The van der Waals surface area contributed by atoms with E-state index < -0.39 is 23.9 Å². The summed E-state index contributed by atoms with van der Waals surface area (Å²) in [6, 6.07) is 61.3. The van der Waals surface area contributed by atoms with E-state index in [1.54, 1.807) is 101 Å². The van der Waals surface area contributed by atoms with E-state index >= 15 is 0 Å². The maximum Gasteiger partial charge on any atom is 0.339 e. The highest BCUT2D eigenvalue weighted by atomic mass is 32.1. The second kappa shape index (κ2) is 35.9. The number of aromatic carboxylic acids is 4. The smallest absolute Gasteiger partial charge is 0.339 e. The molecule has 12 aromatic rings. The third-order valence-corrected chi connectivity index (χ3v) is 21.8. The van der Waals surface area contributed by atoms with Crippen LogP contribution in [0, 0.1) is 13.8 Å². The molecule has 4 heterocycles. The van der Waals surface area contributed by atoms with Crippen LogP contribution in [0.15, 0.2) is 222 Å². The summed E-state index contributed by atoms with van der Waals surface area (Å²) in [5, 5.41) is 58.2. The molecule has 12 rings (SSSR count). The van der Waals surface area contributed by atoms with Crippen molar-refractivity contribution >= 4 is 113 Å². The van der Waals surface area contributed by atoms with Crippen molar-refractivity contribution in [1.82, 2.24) is 0 Å². The van der Waals surface area contributed by atoms with Crippen LogP contribution in [0.3, 0.4) is 0 Å². The van der Waals surface area contributed by atoms with Gasteiger partial charge in [0.15, 0.2) is 0 Å². The minimum absolute atomic E-state index is 0.00216. The van der Waals surface area contributed by atoms with Gasteiger partial charge in [-0.2, -0.15) is 0 Å². The molecule has 0 radical (unpaired) electrons. The minimum Gasteiger partial charge on any atom is -0.497 e. The molecule has 4 amide bonds. The molecule has 0 aliphatic carbocycles. The number of carbonyl (C=O) groups is 8. The van der Waals surface area contributed by atoms with Crippen LogP contribution >= 0.6 is 45.3 Å². The average Bonchev–Trinajstić information content (AvgIpc) is 1.66. The number of benzene rings is 8. The van der Waals surface area contributed by atoms with Crippen LogP contribution in [0.5, 0.6) is 5.75 Å². The second-order valence-corrected chi connectivity index (χ2v) is 34.1. The number of rotatable bonds is 17. The summed E-state index contributed by atoms with van der Waals surface area (Å²) in [6.45, 7) is 29.3. The molecule has 21 heteroatoms. The van der Waals surface area contributed by atoms with Gasteiger partial charge in [0, 0.05) is 66.0 Å². The Morgan fingerprint density at radius 2 is 0.491 bits per heavy atom. The summed E-state index contributed by atoms with van der Waals surface area (Å²) < 4.78 is 5.15. The number of carboxylic acids is 4. The fourth-order valence-corrected chi connectivity index (χ4v) is 15.4. The van der Waals surface area contributed by atoms with Gasteiger partial charge in [0.1, 0.15) is 48.0 Å². The highest BCUT2D eigenvalue weighted by molar-refractivity contribution is 7.16. The first-order valence-electron chi connectivity index (χ1n) is 35.7. The maximum atomic E-state index is 12.7. The van der Waals surface area contributed by atoms with Crippen LogP contribution in [0.25, 0.3) is 44.5 Å². The average molecular weight is 1580 g/mol. The summed E-state index contributed by atoms with van der Waals surface area (Å²) in [7, 11) is 1.57. The number of anilines is 4. The van der Waals surface area contributed by atoms with E-state index in [2.05, 4.69) is 104 Å². The van der Waals surface area contributed by atoms with Gasteiger partial charge >= 0.3 is 23.9 Å². The quantitative estimate of drug-likeness (QED) is 0.0422. The normalized spacial score (nSPS) is 11.2. The molecule has 0 spiro atoms. The lowest BCUT2D eigenvalue weighted by molar-refractivity contribution is 0.0688. The first kappa shape index (κ1) is 84.1. The molecule has 0 aliphatic heterocycles. The number of methoxy groups -OCH3 is 1. The van der Waals surface area contributed by atoms with E-state index in [-0.39, 0.29) is 67.5 Å². The van der Waals surface area contributed by atoms with Crippen LogP contribution in [0.4, 0.5) is 20.0 Å². The lowest BCUT2D eigenvalue weighted by Gasteiger charge is -2.19. The summed E-state index contributed by atoms with van der Waals surface area (Å²) in [5.74, 6) is -4.88. The monoisotopic (exact) mass is 1570 g/mol. The van der Waals surface area contributed by atoms with Gasteiger partial charge in [0.05, 0.1) is 7.11 Å². The van der Waals surface area contributed by atoms with Gasteiger partial charge in [-0.05, 0) is 141 Å². The number of hydrogen-bond acceptors (Lipinski definition) is 13. The Morgan fingerprint density at radius 3 is 0.688 bits per heavy atom. The molecule has 0 aliphatic rings. The van der Waals surface area contributed by atoms with Crippen molar-refractivity contribution in [3.8, 4) is 50.3 Å². The Bertz CT molecular complexity index is 5190. The minimum atomic E-state index is -1.09. The Morgan fingerprint density at radius 1 is 0.286 bits per heavy atom. The summed E-state index contributed by atoms with van der Waals surface area (Å²) >= 11 is 4.85. The number of thiophene rings is 4. The largest absolute Gasteiger partial charge is 0.497 e. The Labute approximate surface area is 668 Å². The van der Waals surface area contributed by atoms with Crippen LogP contribution in [0.2, 0.25) is 0 Å². The summed E-state index contributed by atoms with van der Waals surface area (Å²) in [6.07, 6.45) is 0. The third-order valence-electron chi connectivity index (χ3n) is 18.2. The van der Waals surface area contributed by atoms with Gasteiger partial charge in [0.2, 0.25) is 0 Å². The number of hydrogen-bond donors (Lipinski definition) is 8. The molecule has 17 nitrogen and oxygen atoms in total. The molecule has 576 valence electrons. The molecule has 0 bridgehead atoms. The van der Waals surface area contributed by atoms with Crippen molar-refractivity contribution in [1.29, 1.82) is 0 Å². The number of carboxylic acid groups (broad SMARTS) is 4. The molecular weight excluding hydrogens is 1490 g/mol. The predicted molar refractivity (Wildman–Crippen MR) is 455 cm³/mol. The van der Waals surface area contributed by atoms with Crippen molar-refractivity contribution in [3.05, 3.63) is 300 Å². The van der Waals surface area contributed by atoms with E-state index in [1.165, 1.54) is 45.3 Å². The number of aryl methyl sites for hydroxylation is 2. The Kier molecular flexibility index (Phi) is 26.9. The molecule has 0 saturated heterocycles. The van der Waals surface area contributed by atoms with Crippen molar-refractivity contribution < 1.29 is 63.5 Å². The molecule has 0 fully saturated rings. The van der Waals surface area contributed by atoms with E-state index in [9.17, 15) is 58.8 Å². The fraction of sp³-hybridized carbons (Fsp3) is 0.209. The lowest BCUT2D eigenvalue weighted by Crippen LogP contribution is -2.15. The summed E-state index contributed by atoms with van der Waals surface area (Å²) in [5.41, 5.74) is 14.7. The second-order valence-electron chi connectivity index (χ2n) is 30.6. The molecule has 8 N–H and O–H groups in total. The maximum absolute atomic E-state index is 12.7. The topological polar surface area (TPSA) is 275 Å². The fourth-order valence-electron chi connectivity index (χ4n) is 11.5. The van der Waals surface area contributed by atoms with Crippen molar-refractivity contribution in [2.75, 3.05) is 28.4 Å². The molecule has 0 atom stereocenters. The Balaban J connectivity index is 0.000000171. The van der Waals surface area contributed by atoms with Crippen LogP contribution in [0.1, 0.15) is 199 Å². The first-order valence-corrected chi connectivity index (χ1v) is 39.2. The number of ether oxygens (including phenoxy) is 1. The number of amides is 4. The molecule has 4 aromatic heterocycles. The van der Waals surface area contributed by atoms with E-state index in [4.69, 9.17) is 4.74 Å². The van der Waals surface area contributed by atoms with Crippen molar-refractivity contribution in [2.24, 2.45) is 0 Å². The summed E-state index contributed by atoms with van der Waals surface area (Å²) in [4.78, 5) is 98.0. The van der Waals surface area contributed by atoms with Gasteiger partial charge in [-0.1, -0.05) is 234 Å². The van der Waals surface area contributed by atoms with Crippen LogP contribution in [-0.2, 0) is 21.7 Å². The van der Waals surface area contributed by atoms with Crippen LogP contribution in [-0.4, -0.2) is 75.0 Å². The zero-order chi connectivity index (χ0) is 81.7. The zero-order valence-corrected chi connectivity index (χ0v) is 68.2. The van der Waals surface area contributed by atoms with Gasteiger partial charge in [-0.15, -0.1) is 45.3 Å². The van der Waals surface area contributed by atoms with Crippen molar-refractivity contribution in [3.63, 3.8) is 0 Å². The van der Waals surface area contributed by atoms with Gasteiger partial charge in [-0.25, -0.2) is 19.2 Å². The molecule has 0 saturated carbocycles. The standard InChI is InChI=1S/C23H23NO4S.2C23H23NO3S.C22H21NO3S/c1-23(2,3)16-9-5-15(6-10-16)20(25)24-21-19(22(26)27)18(13-29-21)14-7-11-17(28-4)12-8-14;2*1-14-5-7-15(8-6-14)18-13-28-21(19(18)22(26)27)24-20(25)16-9-11-17(12-10-16)23(2,3)4;1-22(2,3)16-11-9-15(10-12-16)19(24)23-20-18(21(25)26)17(13-27-20)14-7-5-4-6-8-14/h5-13H,1-4H3,(H,24,25)(H,26,27);2*5-13H,1-4H3,(H,24,25)(H,26,27);4-13H,1-3H3,(H,23,24)(H,25,26). The van der Waals surface area contributed by atoms with E-state index in [0.717, 1.165) is 55.6 Å². The first-order chi connectivity index (χ1) is 52.8. The van der Waals surface area contributed by atoms with Gasteiger partial charge in [0.25, 0.3) is 23.6 Å². The van der Waals surface area contributed by atoms with Crippen LogP contribution < -0.4 is 26.0 Å². The highest BCUT2D eigenvalue weighted by Crippen LogP contribution is 2.41. The third kappa shape index (κ3) is 21.4. The molecule has 0 unspecified atom stereocenters. The van der Waals surface area contributed by atoms with E-state index in [0.29, 0.717) is 70.3 Å². The number of carbonyl (C=O) groups excluding carboxylic acids is 4.